The lowest BCUT2D eigenvalue weighted by Gasteiger charge is -2.09. The van der Waals surface area contributed by atoms with Crippen molar-refractivity contribution >= 4 is 38.8 Å². The van der Waals surface area contributed by atoms with Crippen LogP contribution in [0.5, 0.6) is 5.75 Å². The zero-order valence-electron chi connectivity index (χ0n) is 10.0. The van der Waals surface area contributed by atoms with Gasteiger partial charge in [0.25, 0.3) is 10.0 Å². The van der Waals surface area contributed by atoms with Gasteiger partial charge in [-0.3, -0.25) is 4.72 Å². The van der Waals surface area contributed by atoms with E-state index in [2.05, 4.69) is 14.7 Å². The Kier molecular flexibility index (Phi) is 3.93. The molecule has 0 unspecified atom stereocenters. The highest BCUT2D eigenvalue weighted by Crippen LogP contribution is 2.29. The van der Waals surface area contributed by atoms with Crippen LogP contribution in [0.15, 0.2) is 22.5 Å². The predicted molar refractivity (Wildman–Crippen MR) is 73.5 cm³/mol. The number of sulfonamides is 1. The Hall–Kier alpha value is -1.38. The molecule has 0 fully saturated rings. The van der Waals surface area contributed by atoms with Crippen molar-refractivity contribution in [2.75, 3.05) is 11.8 Å². The molecule has 0 aromatic carbocycles. The highest BCUT2D eigenvalue weighted by Gasteiger charge is 2.19. The molecule has 1 N–H and O–H groups in total. The number of ether oxygens (including phenoxy) is 1. The van der Waals surface area contributed by atoms with E-state index in [0.717, 1.165) is 11.3 Å². The van der Waals surface area contributed by atoms with Crippen LogP contribution in [-0.2, 0) is 10.0 Å². The van der Waals surface area contributed by atoms with Crippen molar-refractivity contribution < 1.29 is 13.2 Å². The van der Waals surface area contributed by atoms with E-state index < -0.39 is 10.0 Å². The first-order valence-electron chi connectivity index (χ1n) is 5.08. The van der Waals surface area contributed by atoms with E-state index in [1.807, 2.05) is 0 Å². The van der Waals surface area contributed by atoms with Crippen LogP contribution >= 0.6 is 22.9 Å². The molecule has 0 aliphatic rings. The standard InChI is InChI=1S/C10H10ClN3O3S2/c1-6-12-5-7(17-2)10(13-6)14-19(15,16)9-4-3-8(11)18-9/h3-5H,1-2H3,(H,12,13,14). The Balaban J connectivity index is 2.38. The lowest BCUT2D eigenvalue weighted by molar-refractivity contribution is 0.412. The average molecular weight is 320 g/mol. The highest BCUT2D eigenvalue weighted by atomic mass is 35.5. The maximum atomic E-state index is 12.1. The molecule has 2 aromatic rings. The van der Waals surface area contributed by atoms with Gasteiger partial charge < -0.3 is 4.74 Å². The lowest BCUT2D eigenvalue weighted by Crippen LogP contribution is -2.14. The molecule has 0 saturated heterocycles. The van der Waals surface area contributed by atoms with E-state index in [1.165, 1.54) is 25.4 Å². The van der Waals surface area contributed by atoms with Gasteiger partial charge in [-0.05, 0) is 19.1 Å². The van der Waals surface area contributed by atoms with Crippen LogP contribution in [-0.4, -0.2) is 25.5 Å². The van der Waals surface area contributed by atoms with E-state index in [1.54, 1.807) is 6.92 Å². The van der Waals surface area contributed by atoms with Gasteiger partial charge in [0.05, 0.1) is 17.6 Å². The zero-order chi connectivity index (χ0) is 14.0. The normalized spacial score (nSPS) is 11.3. The first-order valence-corrected chi connectivity index (χ1v) is 7.76. The smallest absolute Gasteiger partial charge is 0.272 e. The number of hydrogen-bond acceptors (Lipinski definition) is 6. The van der Waals surface area contributed by atoms with Crippen molar-refractivity contribution in [2.24, 2.45) is 0 Å². The van der Waals surface area contributed by atoms with Gasteiger partial charge in [0.1, 0.15) is 10.0 Å². The summed E-state index contributed by atoms with van der Waals surface area (Å²) in [5, 5.41) is 0. The van der Waals surface area contributed by atoms with E-state index >= 15 is 0 Å². The van der Waals surface area contributed by atoms with Gasteiger partial charge in [-0.2, -0.15) is 0 Å². The fourth-order valence-electron chi connectivity index (χ4n) is 1.30. The number of rotatable bonds is 4. The molecule has 2 aromatic heterocycles. The van der Waals surface area contributed by atoms with Gasteiger partial charge in [0.2, 0.25) is 0 Å². The van der Waals surface area contributed by atoms with Gasteiger partial charge >= 0.3 is 0 Å². The second kappa shape index (κ2) is 5.32. The Morgan fingerprint density at radius 2 is 2.16 bits per heavy atom. The summed E-state index contributed by atoms with van der Waals surface area (Å²) in [6, 6.07) is 2.94. The van der Waals surface area contributed by atoms with Crippen LogP contribution in [0.1, 0.15) is 5.82 Å². The molecule has 2 heterocycles. The maximum Gasteiger partial charge on any atom is 0.272 e. The number of aryl methyl sites for hydroxylation is 1. The largest absolute Gasteiger partial charge is 0.491 e. The molecule has 0 saturated carbocycles. The predicted octanol–water partition coefficient (Wildman–Crippen LogP) is 2.31. The number of nitrogens with zero attached hydrogens (tertiary/aromatic N) is 2. The molecule has 0 aliphatic carbocycles. The van der Waals surface area contributed by atoms with Crippen molar-refractivity contribution in [1.29, 1.82) is 0 Å². The molecule has 2 rings (SSSR count). The summed E-state index contributed by atoms with van der Waals surface area (Å²) in [5.74, 6) is 0.777. The van der Waals surface area contributed by atoms with E-state index in [4.69, 9.17) is 16.3 Å². The molecule has 102 valence electrons. The van der Waals surface area contributed by atoms with E-state index in [-0.39, 0.29) is 15.8 Å². The van der Waals surface area contributed by atoms with Crippen LogP contribution in [0, 0.1) is 6.92 Å². The number of aromatic nitrogens is 2. The van der Waals surface area contributed by atoms with Crippen molar-refractivity contribution in [3.05, 3.63) is 28.5 Å². The summed E-state index contributed by atoms with van der Waals surface area (Å²) in [4.78, 5) is 7.93. The summed E-state index contributed by atoms with van der Waals surface area (Å²) < 4.78 is 32.1. The molecule has 0 amide bonds. The van der Waals surface area contributed by atoms with Crippen molar-refractivity contribution in [3.8, 4) is 5.75 Å². The highest BCUT2D eigenvalue weighted by molar-refractivity contribution is 7.94. The summed E-state index contributed by atoms with van der Waals surface area (Å²) in [5.41, 5.74) is 0. The molecule has 0 atom stereocenters. The van der Waals surface area contributed by atoms with Crippen LogP contribution in [0.3, 0.4) is 0 Å². The molecule has 6 nitrogen and oxygen atoms in total. The minimum absolute atomic E-state index is 0.0968. The Morgan fingerprint density at radius 1 is 1.42 bits per heavy atom. The molecule has 19 heavy (non-hydrogen) atoms. The fourth-order valence-corrected chi connectivity index (χ4v) is 3.80. The Labute approximate surface area is 119 Å². The average Bonchev–Trinajstić information content (AvgIpc) is 2.76. The van der Waals surface area contributed by atoms with Crippen LogP contribution in [0.2, 0.25) is 4.34 Å². The third-order valence-electron chi connectivity index (χ3n) is 2.14. The van der Waals surface area contributed by atoms with Crippen molar-refractivity contribution in [3.63, 3.8) is 0 Å². The number of anilines is 1. The van der Waals surface area contributed by atoms with Crippen molar-refractivity contribution in [1.82, 2.24) is 9.97 Å². The number of halogens is 1. The van der Waals surface area contributed by atoms with Crippen LogP contribution in [0.25, 0.3) is 0 Å². The minimum atomic E-state index is -3.73. The SMILES string of the molecule is COc1cnc(C)nc1NS(=O)(=O)c1ccc(Cl)s1. The van der Waals surface area contributed by atoms with Gasteiger partial charge in [-0.1, -0.05) is 11.6 Å². The maximum absolute atomic E-state index is 12.1. The zero-order valence-corrected chi connectivity index (χ0v) is 12.4. The minimum Gasteiger partial charge on any atom is -0.491 e. The van der Waals surface area contributed by atoms with Crippen molar-refractivity contribution in [2.45, 2.75) is 11.1 Å². The van der Waals surface area contributed by atoms with Gasteiger partial charge in [-0.15, -0.1) is 11.3 Å². The topological polar surface area (TPSA) is 81.2 Å². The third-order valence-corrected chi connectivity index (χ3v) is 5.20. The molecule has 0 aliphatic heterocycles. The third kappa shape index (κ3) is 3.14. The van der Waals surface area contributed by atoms with Gasteiger partial charge in [-0.25, -0.2) is 18.4 Å². The summed E-state index contributed by atoms with van der Waals surface area (Å²) >= 11 is 6.69. The Morgan fingerprint density at radius 3 is 2.74 bits per heavy atom. The fraction of sp³-hybridized carbons (Fsp3) is 0.200. The van der Waals surface area contributed by atoms with Crippen LogP contribution in [0.4, 0.5) is 5.82 Å². The summed E-state index contributed by atoms with van der Waals surface area (Å²) in [7, 11) is -2.32. The first kappa shape index (κ1) is 14.0. The molecule has 9 heteroatoms. The van der Waals surface area contributed by atoms with Gasteiger partial charge in [0.15, 0.2) is 11.6 Å². The molecule has 0 radical (unpaired) electrons. The second-order valence-electron chi connectivity index (χ2n) is 3.50. The molecular weight excluding hydrogens is 310 g/mol. The molecule has 0 bridgehead atoms. The Bertz CT molecular complexity index is 700. The second-order valence-corrected chi connectivity index (χ2v) is 7.12. The number of thiophene rings is 1. The molecular formula is C10H10ClN3O3S2. The lowest BCUT2D eigenvalue weighted by atomic mass is 10.5. The monoisotopic (exact) mass is 319 g/mol. The number of hydrogen-bond donors (Lipinski definition) is 1. The van der Waals surface area contributed by atoms with E-state index in [0.29, 0.717) is 10.2 Å². The first-order chi connectivity index (χ1) is 8.92. The van der Waals surface area contributed by atoms with Gasteiger partial charge in [0, 0.05) is 0 Å². The molecule has 0 spiro atoms. The van der Waals surface area contributed by atoms with Crippen LogP contribution < -0.4 is 9.46 Å². The summed E-state index contributed by atoms with van der Waals surface area (Å²) in [6.07, 6.45) is 1.40. The summed E-state index contributed by atoms with van der Waals surface area (Å²) in [6.45, 7) is 1.65. The van der Waals surface area contributed by atoms with E-state index in [9.17, 15) is 8.42 Å². The quantitative estimate of drug-likeness (QED) is 0.935. The number of nitrogens with one attached hydrogen (secondary N) is 1. The number of methoxy groups -OCH3 is 1.